The number of aryl methyl sites for hydroxylation is 1. The monoisotopic (exact) mass is 388 g/mol. The van der Waals surface area contributed by atoms with E-state index >= 15 is 0 Å². The number of aromatic nitrogens is 2. The molecule has 0 aliphatic heterocycles. The summed E-state index contributed by atoms with van der Waals surface area (Å²) in [6.45, 7) is 1.77. The first-order chi connectivity index (χ1) is 14.0. The van der Waals surface area contributed by atoms with Gasteiger partial charge in [0.25, 0.3) is 5.56 Å². The van der Waals surface area contributed by atoms with Gasteiger partial charge in [0.1, 0.15) is 24.1 Å². The average Bonchev–Trinajstić information content (AvgIpc) is 3.04. The summed E-state index contributed by atoms with van der Waals surface area (Å²) >= 11 is 0. The standard InChI is InChI=1S/C22H17FN4O2/c1-2-14-11-21(29)27-19-6-4-3-5-18(19)26(22(27)17(14)12-24)13-20(28)25-16-9-7-15(23)8-10-16/h3-11H,2,13H2,1H3,(H,25,28). The third kappa shape index (κ3) is 3.15. The van der Waals surface area contributed by atoms with Crippen molar-refractivity contribution in [3.63, 3.8) is 0 Å². The number of halogens is 1. The lowest BCUT2D eigenvalue weighted by Gasteiger charge is -2.10. The fraction of sp³-hybridized carbons (Fsp3) is 0.136. The topological polar surface area (TPSA) is 79.3 Å². The van der Waals surface area contributed by atoms with Crippen LogP contribution in [0.5, 0.6) is 0 Å². The lowest BCUT2D eigenvalue weighted by molar-refractivity contribution is -0.116. The second kappa shape index (κ2) is 7.24. The highest BCUT2D eigenvalue weighted by atomic mass is 19.1. The van der Waals surface area contributed by atoms with E-state index in [0.29, 0.717) is 39.9 Å². The number of para-hydroxylation sites is 2. The number of carbonyl (C=O) groups is 1. The lowest BCUT2D eigenvalue weighted by Crippen LogP contribution is -2.21. The number of fused-ring (bicyclic) bond motifs is 3. The van der Waals surface area contributed by atoms with E-state index in [4.69, 9.17) is 0 Å². The van der Waals surface area contributed by atoms with Crippen LogP contribution in [0.2, 0.25) is 0 Å². The minimum Gasteiger partial charge on any atom is -0.325 e. The summed E-state index contributed by atoms with van der Waals surface area (Å²) < 4.78 is 16.2. The molecule has 0 saturated carbocycles. The summed E-state index contributed by atoms with van der Waals surface area (Å²) in [6.07, 6.45) is 0.526. The molecule has 0 radical (unpaired) electrons. The van der Waals surface area contributed by atoms with Crippen LogP contribution in [-0.4, -0.2) is 14.9 Å². The van der Waals surface area contributed by atoms with Gasteiger partial charge in [0.15, 0.2) is 0 Å². The molecule has 2 aromatic carbocycles. The van der Waals surface area contributed by atoms with Crippen LogP contribution in [0, 0.1) is 17.1 Å². The molecule has 1 N–H and O–H groups in total. The summed E-state index contributed by atoms with van der Waals surface area (Å²) in [5.74, 6) is -0.742. The number of carbonyl (C=O) groups excluding carboxylic acids is 1. The Bertz CT molecular complexity index is 1340. The van der Waals surface area contributed by atoms with Gasteiger partial charge in [-0.05, 0) is 48.4 Å². The van der Waals surface area contributed by atoms with Crippen LogP contribution in [0.4, 0.5) is 10.1 Å². The summed E-state index contributed by atoms with van der Waals surface area (Å²) in [5.41, 5.74) is 2.92. The third-order valence-electron chi connectivity index (χ3n) is 4.87. The Morgan fingerprint density at radius 2 is 1.83 bits per heavy atom. The van der Waals surface area contributed by atoms with Crippen molar-refractivity contribution in [1.82, 2.24) is 8.97 Å². The van der Waals surface area contributed by atoms with E-state index < -0.39 is 5.82 Å². The van der Waals surface area contributed by atoms with E-state index in [2.05, 4.69) is 11.4 Å². The van der Waals surface area contributed by atoms with E-state index in [1.165, 1.54) is 34.7 Å². The molecule has 7 heteroatoms. The zero-order chi connectivity index (χ0) is 20.5. The van der Waals surface area contributed by atoms with Crippen LogP contribution in [0.15, 0.2) is 59.4 Å². The summed E-state index contributed by atoms with van der Waals surface area (Å²) in [6, 6.07) is 16.3. The number of pyridine rings is 1. The van der Waals surface area contributed by atoms with E-state index in [1.807, 2.05) is 13.0 Å². The predicted molar refractivity (Wildman–Crippen MR) is 108 cm³/mol. The molecule has 0 bridgehead atoms. The van der Waals surface area contributed by atoms with Gasteiger partial charge in [-0.15, -0.1) is 0 Å². The second-order valence-electron chi connectivity index (χ2n) is 6.64. The summed E-state index contributed by atoms with van der Waals surface area (Å²) in [4.78, 5) is 25.5. The van der Waals surface area contributed by atoms with Gasteiger partial charge < -0.3 is 9.88 Å². The maximum Gasteiger partial charge on any atom is 0.257 e. The van der Waals surface area contributed by atoms with E-state index in [1.54, 1.807) is 22.8 Å². The molecule has 4 aromatic rings. The smallest absolute Gasteiger partial charge is 0.257 e. The van der Waals surface area contributed by atoms with Gasteiger partial charge in [-0.2, -0.15) is 5.26 Å². The van der Waals surface area contributed by atoms with Gasteiger partial charge in [0.05, 0.1) is 16.6 Å². The van der Waals surface area contributed by atoms with Crippen molar-refractivity contribution in [2.75, 3.05) is 5.32 Å². The Morgan fingerprint density at radius 3 is 2.48 bits per heavy atom. The average molecular weight is 388 g/mol. The molecule has 144 valence electrons. The van der Waals surface area contributed by atoms with E-state index in [0.717, 1.165) is 0 Å². The number of nitrogens with zero attached hydrogens (tertiary/aromatic N) is 3. The number of nitriles is 1. The Labute approximate surface area is 165 Å². The first kappa shape index (κ1) is 18.4. The molecule has 0 unspecified atom stereocenters. The molecule has 0 saturated heterocycles. The molecule has 0 spiro atoms. The van der Waals surface area contributed by atoms with Gasteiger partial charge in [-0.3, -0.25) is 14.0 Å². The molecule has 0 atom stereocenters. The highest BCUT2D eigenvalue weighted by Crippen LogP contribution is 2.24. The molecule has 29 heavy (non-hydrogen) atoms. The summed E-state index contributed by atoms with van der Waals surface area (Å²) in [7, 11) is 0. The van der Waals surface area contributed by atoms with Crippen LogP contribution < -0.4 is 10.9 Å². The number of anilines is 1. The van der Waals surface area contributed by atoms with Gasteiger partial charge in [0, 0.05) is 11.8 Å². The Morgan fingerprint density at radius 1 is 1.14 bits per heavy atom. The maximum atomic E-state index is 13.1. The maximum absolute atomic E-state index is 13.1. The third-order valence-corrected chi connectivity index (χ3v) is 4.87. The van der Waals surface area contributed by atoms with Gasteiger partial charge in [-0.1, -0.05) is 19.1 Å². The first-order valence-corrected chi connectivity index (χ1v) is 9.15. The number of hydrogen-bond acceptors (Lipinski definition) is 3. The largest absolute Gasteiger partial charge is 0.325 e. The van der Waals surface area contributed by atoms with Gasteiger partial charge >= 0.3 is 0 Å². The zero-order valence-electron chi connectivity index (χ0n) is 15.6. The molecule has 0 aliphatic carbocycles. The van der Waals surface area contributed by atoms with Crippen LogP contribution in [-0.2, 0) is 17.8 Å². The quantitative estimate of drug-likeness (QED) is 0.581. The van der Waals surface area contributed by atoms with Crippen LogP contribution >= 0.6 is 0 Å². The fourth-order valence-electron chi connectivity index (χ4n) is 3.57. The van der Waals surface area contributed by atoms with Crippen molar-refractivity contribution in [2.45, 2.75) is 19.9 Å². The number of nitrogens with one attached hydrogen (secondary N) is 1. The van der Waals surface area contributed by atoms with Crippen LogP contribution in [0.25, 0.3) is 16.7 Å². The molecule has 0 aliphatic rings. The van der Waals surface area contributed by atoms with Crippen molar-refractivity contribution < 1.29 is 9.18 Å². The van der Waals surface area contributed by atoms with Crippen molar-refractivity contribution >= 4 is 28.3 Å². The highest BCUT2D eigenvalue weighted by molar-refractivity contribution is 5.93. The molecular formula is C22H17FN4O2. The van der Waals surface area contributed by atoms with Gasteiger partial charge in [0.2, 0.25) is 5.91 Å². The lowest BCUT2D eigenvalue weighted by atomic mass is 10.1. The Hall–Kier alpha value is -3.92. The second-order valence-corrected chi connectivity index (χ2v) is 6.64. The number of imidazole rings is 1. The molecule has 0 fully saturated rings. The highest BCUT2D eigenvalue weighted by Gasteiger charge is 2.19. The minimum absolute atomic E-state index is 0.102. The number of hydrogen-bond donors (Lipinski definition) is 1. The molecule has 2 aromatic heterocycles. The molecule has 6 nitrogen and oxygen atoms in total. The number of rotatable bonds is 4. The first-order valence-electron chi connectivity index (χ1n) is 9.15. The normalized spacial score (nSPS) is 10.9. The van der Waals surface area contributed by atoms with Gasteiger partial charge in [-0.25, -0.2) is 4.39 Å². The Kier molecular flexibility index (Phi) is 4.61. The minimum atomic E-state index is -0.393. The molecule has 1 amide bonds. The number of amides is 1. The van der Waals surface area contributed by atoms with Crippen molar-refractivity contribution in [2.24, 2.45) is 0 Å². The molecule has 4 rings (SSSR count). The SMILES string of the molecule is CCc1cc(=O)n2c3ccccc3n(CC(=O)Nc3ccc(F)cc3)c2c1C#N. The summed E-state index contributed by atoms with van der Waals surface area (Å²) in [5, 5.41) is 12.5. The van der Waals surface area contributed by atoms with E-state index in [-0.39, 0.29) is 18.0 Å². The van der Waals surface area contributed by atoms with Crippen molar-refractivity contribution in [3.8, 4) is 6.07 Å². The zero-order valence-corrected chi connectivity index (χ0v) is 15.6. The fourth-order valence-corrected chi connectivity index (χ4v) is 3.57. The number of benzene rings is 2. The molecule has 2 heterocycles. The van der Waals surface area contributed by atoms with Crippen LogP contribution in [0.1, 0.15) is 18.1 Å². The predicted octanol–water partition coefficient (Wildman–Crippen LogP) is 3.47. The van der Waals surface area contributed by atoms with Crippen molar-refractivity contribution in [3.05, 3.63) is 81.9 Å². The molecular weight excluding hydrogens is 371 g/mol. The van der Waals surface area contributed by atoms with Crippen molar-refractivity contribution in [1.29, 1.82) is 5.26 Å². The Balaban J connectivity index is 1.89. The van der Waals surface area contributed by atoms with E-state index in [9.17, 15) is 19.2 Å². The van der Waals surface area contributed by atoms with Crippen LogP contribution in [0.3, 0.4) is 0 Å².